The Labute approximate surface area is 232 Å². The first kappa shape index (κ1) is 28.6. The molecule has 0 radical (unpaired) electrons. The first-order valence-electron chi connectivity index (χ1n) is 14.5. The molecule has 1 aliphatic rings. The summed E-state index contributed by atoms with van der Waals surface area (Å²) in [5.74, 6) is 0.436. The standard InChI is InChI=1S/C33H41N3O3/c1-25(29-18-12-16-27-15-10-11-17-31(27)29)34-23-28-24-36(22-21-30(28)26-13-6-5-7-14-26)33(38)20-9-4-2-3-8-19-32(37)35-39/h5-7,10-18,25,28,30,34H,2-4,8-9,19-24H2,1H3/t25-,28?,30?/m1/s1. The molecule has 4 rings (SSSR count). The largest absolute Gasteiger partial charge is 0.342 e. The summed E-state index contributed by atoms with van der Waals surface area (Å²) >= 11 is 0. The number of hydrogen-bond acceptors (Lipinski definition) is 4. The Balaban J connectivity index is 1.33. The highest BCUT2D eigenvalue weighted by atomic mass is 16.3. The molecule has 1 N–H and O–H groups in total. The van der Waals surface area contributed by atoms with Gasteiger partial charge in [0.05, 0.1) is 0 Å². The van der Waals surface area contributed by atoms with Crippen molar-refractivity contribution in [3.05, 3.63) is 88.8 Å². The maximum absolute atomic E-state index is 13.1. The Morgan fingerprint density at radius 1 is 0.897 bits per heavy atom. The normalized spacial score (nSPS) is 18.1. The van der Waals surface area contributed by atoms with Crippen molar-refractivity contribution in [2.45, 2.75) is 70.3 Å². The van der Waals surface area contributed by atoms with Gasteiger partial charge in [-0.1, -0.05) is 92.1 Å². The average Bonchev–Trinajstić information content (AvgIpc) is 2.99. The minimum Gasteiger partial charge on any atom is -0.342 e. The number of amides is 2. The fourth-order valence-corrected chi connectivity index (χ4v) is 5.96. The fraction of sp³-hybridized carbons (Fsp3) is 0.455. The van der Waals surface area contributed by atoms with Crippen molar-refractivity contribution in [3.63, 3.8) is 0 Å². The molecule has 6 heteroatoms. The second kappa shape index (κ2) is 14.7. The average molecular weight is 528 g/mol. The summed E-state index contributed by atoms with van der Waals surface area (Å²) in [4.78, 5) is 36.3. The maximum Gasteiger partial charge on any atom is 0.286 e. The summed E-state index contributed by atoms with van der Waals surface area (Å²) in [6.45, 7) is 4.65. The lowest BCUT2D eigenvalue weighted by atomic mass is 9.80. The molecule has 0 aromatic heterocycles. The molecule has 2 amide bonds. The van der Waals surface area contributed by atoms with E-state index < -0.39 is 5.91 Å². The van der Waals surface area contributed by atoms with Crippen LogP contribution in [-0.4, -0.2) is 36.3 Å². The Morgan fingerprint density at radius 3 is 2.38 bits per heavy atom. The fourth-order valence-electron chi connectivity index (χ4n) is 5.96. The van der Waals surface area contributed by atoms with Crippen LogP contribution in [-0.2, 0) is 9.59 Å². The van der Waals surface area contributed by atoms with Gasteiger partial charge in [0.25, 0.3) is 5.91 Å². The number of rotatable bonds is 13. The summed E-state index contributed by atoms with van der Waals surface area (Å²) in [6.07, 6.45) is 6.14. The van der Waals surface area contributed by atoms with Crippen LogP contribution in [0.25, 0.3) is 10.8 Å². The minimum absolute atomic E-state index is 0.205. The van der Waals surface area contributed by atoms with Crippen LogP contribution in [0.5, 0.6) is 0 Å². The summed E-state index contributed by atoms with van der Waals surface area (Å²) in [5.41, 5.74) is 2.66. The lowest BCUT2D eigenvalue weighted by molar-refractivity contribution is -0.133. The lowest BCUT2D eigenvalue weighted by Crippen LogP contribution is -2.46. The molecule has 6 nitrogen and oxygen atoms in total. The molecule has 3 atom stereocenters. The van der Waals surface area contributed by atoms with Gasteiger partial charge < -0.3 is 10.2 Å². The second-order valence-electron chi connectivity index (χ2n) is 10.9. The van der Waals surface area contributed by atoms with Gasteiger partial charge in [0.15, 0.2) is 0 Å². The third-order valence-corrected chi connectivity index (χ3v) is 8.17. The predicted octanol–water partition coefficient (Wildman–Crippen LogP) is 7.15. The first-order valence-corrected chi connectivity index (χ1v) is 14.5. The number of nitrogens with zero attached hydrogens (tertiary/aromatic N) is 2. The third-order valence-electron chi connectivity index (χ3n) is 8.17. The van der Waals surface area contributed by atoms with E-state index in [9.17, 15) is 14.5 Å². The van der Waals surface area contributed by atoms with E-state index in [0.717, 1.165) is 51.7 Å². The van der Waals surface area contributed by atoms with Gasteiger partial charge in [0.2, 0.25) is 5.91 Å². The molecule has 0 bridgehead atoms. The number of likely N-dealkylation sites (tertiary alicyclic amines) is 1. The first-order chi connectivity index (χ1) is 19.1. The molecular weight excluding hydrogens is 486 g/mol. The zero-order valence-electron chi connectivity index (χ0n) is 23.1. The van der Waals surface area contributed by atoms with Gasteiger partial charge in [-0.05, 0) is 59.9 Å². The number of carbonyl (C=O) groups is 2. The van der Waals surface area contributed by atoms with Crippen LogP contribution in [0.1, 0.15) is 81.4 Å². The summed E-state index contributed by atoms with van der Waals surface area (Å²) in [6, 6.07) is 26.0. The van der Waals surface area contributed by atoms with E-state index in [0.29, 0.717) is 24.7 Å². The lowest BCUT2D eigenvalue weighted by Gasteiger charge is -2.39. The van der Waals surface area contributed by atoms with Gasteiger partial charge in [-0.2, -0.15) is 0 Å². The van der Waals surface area contributed by atoms with E-state index in [4.69, 9.17) is 0 Å². The Morgan fingerprint density at radius 2 is 1.59 bits per heavy atom. The molecule has 1 saturated heterocycles. The third kappa shape index (κ3) is 8.06. The number of nitrogens with one attached hydrogen (secondary N) is 1. The topological polar surface area (TPSA) is 78.8 Å². The van der Waals surface area contributed by atoms with Crippen LogP contribution >= 0.6 is 0 Å². The molecule has 0 saturated carbocycles. The van der Waals surface area contributed by atoms with Crippen LogP contribution in [0.2, 0.25) is 0 Å². The molecule has 1 aliphatic heterocycles. The van der Waals surface area contributed by atoms with Gasteiger partial charge in [0, 0.05) is 43.7 Å². The SMILES string of the molecule is C[C@@H](NCC1CN(C(=O)CCCCCCCC(=O)N=O)CCC1c1ccccc1)c1cccc2ccccc12. The molecule has 3 aromatic carbocycles. The highest BCUT2D eigenvalue weighted by molar-refractivity contribution is 5.86. The van der Waals surface area contributed by atoms with Crippen LogP contribution < -0.4 is 5.32 Å². The number of carbonyl (C=O) groups excluding carboxylic acids is 2. The molecule has 1 fully saturated rings. The van der Waals surface area contributed by atoms with E-state index in [-0.39, 0.29) is 18.4 Å². The molecule has 1 heterocycles. The molecule has 39 heavy (non-hydrogen) atoms. The quantitative estimate of drug-likeness (QED) is 0.189. The molecule has 2 unspecified atom stereocenters. The predicted molar refractivity (Wildman–Crippen MR) is 157 cm³/mol. The summed E-state index contributed by atoms with van der Waals surface area (Å²) in [7, 11) is 0. The Hall–Kier alpha value is -3.38. The molecule has 0 spiro atoms. The molecule has 0 aliphatic carbocycles. The molecule has 3 aromatic rings. The van der Waals surface area contributed by atoms with E-state index in [1.54, 1.807) is 0 Å². The van der Waals surface area contributed by atoms with Gasteiger partial charge in [-0.3, -0.25) is 9.59 Å². The minimum atomic E-state index is -0.570. The van der Waals surface area contributed by atoms with Gasteiger partial charge in [-0.25, -0.2) is 0 Å². The van der Waals surface area contributed by atoms with Crippen LogP contribution in [0, 0.1) is 10.8 Å². The van der Waals surface area contributed by atoms with E-state index in [1.165, 1.54) is 21.9 Å². The van der Waals surface area contributed by atoms with Crippen LogP contribution in [0.15, 0.2) is 78.0 Å². The number of fused-ring (bicyclic) bond motifs is 1. The molecular formula is C33H41N3O3. The maximum atomic E-state index is 13.1. The number of hydrogen-bond donors (Lipinski definition) is 1. The monoisotopic (exact) mass is 527 g/mol. The number of benzene rings is 3. The van der Waals surface area contributed by atoms with Crippen molar-refractivity contribution in [2.24, 2.45) is 11.1 Å². The van der Waals surface area contributed by atoms with Gasteiger partial charge in [0.1, 0.15) is 0 Å². The smallest absolute Gasteiger partial charge is 0.286 e. The number of piperidine rings is 1. The van der Waals surface area contributed by atoms with E-state index in [2.05, 4.69) is 95.1 Å². The Bertz CT molecular complexity index is 1220. The van der Waals surface area contributed by atoms with E-state index >= 15 is 0 Å². The zero-order chi connectivity index (χ0) is 27.5. The van der Waals surface area contributed by atoms with Crippen LogP contribution in [0.3, 0.4) is 0 Å². The van der Waals surface area contributed by atoms with Crippen molar-refractivity contribution >= 4 is 22.6 Å². The second-order valence-corrected chi connectivity index (χ2v) is 10.9. The van der Waals surface area contributed by atoms with Gasteiger partial charge in [-0.15, -0.1) is 4.91 Å². The van der Waals surface area contributed by atoms with Crippen LogP contribution in [0.4, 0.5) is 0 Å². The molecule has 206 valence electrons. The Kier molecular flexibility index (Phi) is 10.8. The zero-order valence-corrected chi connectivity index (χ0v) is 23.1. The van der Waals surface area contributed by atoms with Crippen molar-refractivity contribution in [1.29, 1.82) is 0 Å². The number of unbranched alkanes of at least 4 members (excludes halogenated alkanes) is 4. The summed E-state index contributed by atoms with van der Waals surface area (Å²) in [5, 5.41) is 8.79. The van der Waals surface area contributed by atoms with Crippen molar-refractivity contribution < 1.29 is 9.59 Å². The van der Waals surface area contributed by atoms with Crippen molar-refractivity contribution in [3.8, 4) is 0 Å². The van der Waals surface area contributed by atoms with Crippen molar-refractivity contribution in [2.75, 3.05) is 19.6 Å². The number of nitroso groups, excluding NO2 is 1. The van der Waals surface area contributed by atoms with Crippen molar-refractivity contribution in [1.82, 2.24) is 10.2 Å². The highest BCUT2D eigenvalue weighted by Gasteiger charge is 2.32. The highest BCUT2D eigenvalue weighted by Crippen LogP contribution is 2.34. The van der Waals surface area contributed by atoms with E-state index in [1.807, 2.05) is 0 Å². The summed E-state index contributed by atoms with van der Waals surface area (Å²) < 4.78 is 0. The van der Waals surface area contributed by atoms with Gasteiger partial charge >= 0.3 is 0 Å².